The molecule has 6 heteroatoms. The van der Waals surface area contributed by atoms with Crippen molar-refractivity contribution in [3.8, 4) is 0 Å². The number of aromatic nitrogens is 1. The van der Waals surface area contributed by atoms with Crippen LogP contribution in [0.25, 0.3) is 0 Å². The summed E-state index contributed by atoms with van der Waals surface area (Å²) in [6, 6.07) is 2.35. The molecule has 1 aliphatic rings. The van der Waals surface area contributed by atoms with Crippen LogP contribution in [0.15, 0.2) is 29.0 Å². The van der Waals surface area contributed by atoms with Gasteiger partial charge in [-0.2, -0.15) is 0 Å². The van der Waals surface area contributed by atoms with E-state index in [-0.39, 0.29) is 11.8 Å². The predicted octanol–water partition coefficient (Wildman–Crippen LogP) is 2.56. The highest BCUT2D eigenvalue weighted by Gasteiger charge is 2.38. The topological polar surface area (TPSA) is 86.5 Å². The van der Waals surface area contributed by atoms with Crippen LogP contribution in [-0.4, -0.2) is 33.4 Å². The van der Waals surface area contributed by atoms with Crippen molar-refractivity contribution in [1.82, 2.24) is 9.88 Å². The first-order valence-electron chi connectivity index (χ1n) is 7.28. The van der Waals surface area contributed by atoms with E-state index in [9.17, 15) is 14.7 Å². The lowest BCUT2D eigenvalue weighted by atomic mass is 9.97. The number of nitrogens with one attached hydrogen (secondary N) is 1. The molecule has 0 radical (unpaired) electrons. The van der Waals surface area contributed by atoms with Gasteiger partial charge in [-0.3, -0.25) is 4.79 Å². The standard InChI is InChI=1S/C16H18N2O4/c1-9(2)13-11(3-6-17-13)15(19)18-7-4-12-10(5-8-22-12)14(18)16(20)21/h3,5-6,8-9,14,17H,4,7H2,1-2H3,(H,20,21). The van der Waals surface area contributed by atoms with Crippen LogP contribution in [0.4, 0.5) is 0 Å². The number of carbonyl (C=O) groups is 2. The Labute approximate surface area is 127 Å². The zero-order valence-electron chi connectivity index (χ0n) is 12.5. The highest BCUT2D eigenvalue weighted by atomic mass is 16.4. The number of carbonyl (C=O) groups excluding carboxylic acids is 1. The third-order valence-corrected chi connectivity index (χ3v) is 4.05. The van der Waals surface area contributed by atoms with E-state index in [1.807, 2.05) is 13.8 Å². The summed E-state index contributed by atoms with van der Waals surface area (Å²) < 4.78 is 5.31. The molecular formula is C16H18N2O4. The lowest BCUT2D eigenvalue weighted by Crippen LogP contribution is -2.43. The average molecular weight is 302 g/mol. The zero-order valence-corrected chi connectivity index (χ0v) is 12.5. The van der Waals surface area contributed by atoms with E-state index in [0.29, 0.717) is 29.9 Å². The van der Waals surface area contributed by atoms with Crippen molar-refractivity contribution >= 4 is 11.9 Å². The fourth-order valence-electron chi connectivity index (χ4n) is 3.00. The smallest absolute Gasteiger partial charge is 0.331 e. The molecule has 1 unspecified atom stereocenters. The van der Waals surface area contributed by atoms with Gasteiger partial charge in [0, 0.05) is 30.4 Å². The third kappa shape index (κ3) is 2.20. The largest absolute Gasteiger partial charge is 0.479 e. The number of carboxylic acid groups (broad SMARTS) is 1. The number of H-pyrrole nitrogens is 1. The molecule has 116 valence electrons. The molecule has 0 fully saturated rings. The first kappa shape index (κ1) is 14.4. The van der Waals surface area contributed by atoms with Crippen molar-refractivity contribution in [2.45, 2.75) is 32.2 Å². The Kier molecular flexibility index (Phi) is 3.52. The quantitative estimate of drug-likeness (QED) is 0.912. The van der Waals surface area contributed by atoms with Gasteiger partial charge in [0.2, 0.25) is 0 Å². The molecule has 1 atom stereocenters. The van der Waals surface area contributed by atoms with E-state index in [1.54, 1.807) is 18.3 Å². The Bertz CT molecular complexity index is 713. The van der Waals surface area contributed by atoms with Crippen LogP contribution >= 0.6 is 0 Å². The highest BCUT2D eigenvalue weighted by molar-refractivity contribution is 5.98. The SMILES string of the molecule is CC(C)c1[nH]ccc1C(=O)N1CCc2occc2C1C(=O)O. The maximum atomic E-state index is 12.8. The predicted molar refractivity (Wildman–Crippen MR) is 78.7 cm³/mol. The van der Waals surface area contributed by atoms with Crippen molar-refractivity contribution in [1.29, 1.82) is 0 Å². The molecule has 0 aliphatic carbocycles. The van der Waals surface area contributed by atoms with Gasteiger partial charge in [-0.1, -0.05) is 13.8 Å². The number of fused-ring (bicyclic) bond motifs is 1. The van der Waals surface area contributed by atoms with E-state index >= 15 is 0 Å². The lowest BCUT2D eigenvalue weighted by Gasteiger charge is -2.32. The molecular weight excluding hydrogens is 284 g/mol. The number of hydrogen-bond donors (Lipinski definition) is 2. The van der Waals surface area contributed by atoms with Gasteiger partial charge >= 0.3 is 5.97 Å². The number of hydrogen-bond acceptors (Lipinski definition) is 3. The molecule has 3 heterocycles. The van der Waals surface area contributed by atoms with Crippen molar-refractivity contribution < 1.29 is 19.1 Å². The van der Waals surface area contributed by atoms with E-state index < -0.39 is 12.0 Å². The monoisotopic (exact) mass is 302 g/mol. The number of carboxylic acids is 1. The molecule has 3 rings (SSSR count). The minimum Gasteiger partial charge on any atom is -0.479 e. The van der Waals surface area contributed by atoms with Gasteiger partial charge in [-0.05, 0) is 18.1 Å². The summed E-state index contributed by atoms with van der Waals surface area (Å²) in [6.45, 7) is 4.31. The van der Waals surface area contributed by atoms with Crippen LogP contribution in [0, 0.1) is 0 Å². The minimum atomic E-state index is -1.04. The van der Waals surface area contributed by atoms with Gasteiger partial charge < -0.3 is 19.4 Å². The van der Waals surface area contributed by atoms with Gasteiger partial charge in [0.1, 0.15) is 5.76 Å². The molecule has 6 nitrogen and oxygen atoms in total. The van der Waals surface area contributed by atoms with Crippen molar-refractivity contribution in [3.63, 3.8) is 0 Å². The summed E-state index contributed by atoms with van der Waals surface area (Å²) in [4.78, 5) is 29.0. The maximum absolute atomic E-state index is 12.8. The molecule has 0 saturated heterocycles. The van der Waals surface area contributed by atoms with Crippen LogP contribution in [0.3, 0.4) is 0 Å². The third-order valence-electron chi connectivity index (χ3n) is 4.05. The molecule has 1 amide bonds. The summed E-state index contributed by atoms with van der Waals surface area (Å²) in [5.74, 6) is -0.498. The number of amides is 1. The molecule has 2 aromatic heterocycles. The molecule has 0 aromatic carbocycles. The Morgan fingerprint density at radius 2 is 2.18 bits per heavy atom. The number of furan rings is 1. The van der Waals surface area contributed by atoms with Gasteiger partial charge in [0.15, 0.2) is 6.04 Å². The van der Waals surface area contributed by atoms with Gasteiger partial charge in [-0.15, -0.1) is 0 Å². The Morgan fingerprint density at radius 1 is 1.41 bits per heavy atom. The molecule has 0 saturated carbocycles. The summed E-state index contributed by atoms with van der Waals surface area (Å²) in [5.41, 5.74) is 1.93. The van der Waals surface area contributed by atoms with E-state index in [2.05, 4.69) is 4.98 Å². The fraction of sp³-hybridized carbons (Fsp3) is 0.375. The lowest BCUT2D eigenvalue weighted by molar-refractivity contribution is -0.143. The summed E-state index contributed by atoms with van der Waals surface area (Å²) in [5, 5.41) is 9.56. The maximum Gasteiger partial charge on any atom is 0.331 e. The first-order chi connectivity index (χ1) is 10.5. The number of aliphatic carboxylic acids is 1. The van der Waals surface area contributed by atoms with Crippen LogP contribution in [0.2, 0.25) is 0 Å². The molecule has 22 heavy (non-hydrogen) atoms. The van der Waals surface area contributed by atoms with Crippen LogP contribution in [-0.2, 0) is 11.2 Å². The minimum absolute atomic E-state index is 0.159. The molecule has 2 aromatic rings. The molecule has 0 spiro atoms. The Balaban J connectivity index is 1.98. The number of nitrogens with zero attached hydrogens (tertiary/aromatic N) is 1. The van der Waals surface area contributed by atoms with Gasteiger partial charge in [0.25, 0.3) is 5.91 Å². The summed E-state index contributed by atoms with van der Waals surface area (Å²) in [6.07, 6.45) is 3.72. The van der Waals surface area contributed by atoms with Gasteiger partial charge in [-0.25, -0.2) is 4.79 Å². The second kappa shape index (κ2) is 5.36. The van der Waals surface area contributed by atoms with Crippen molar-refractivity contribution in [2.75, 3.05) is 6.54 Å². The van der Waals surface area contributed by atoms with Crippen LogP contribution < -0.4 is 0 Å². The zero-order chi connectivity index (χ0) is 15.9. The van der Waals surface area contributed by atoms with Crippen molar-refractivity contribution in [3.05, 3.63) is 47.2 Å². The second-order valence-electron chi connectivity index (χ2n) is 5.75. The normalized spacial score (nSPS) is 17.6. The average Bonchev–Trinajstić information content (AvgIpc) is 3.13. The highest BCUT2D eigenvalue weighted by Crippen LogP contribution is 2.33. The van der Waals surface area contributed by atoms with Crippen LogP contribution in [0.5, 0.6) is 0 Å². The number of aromatic amines is 1. The molecule has 2 N–H and O–H groups in total. The van der Waals surface area contributed by atoms with Crippen LogP contribution in [0.1, 0.15) is 53.2 Å². The fourth-order valence-corrected chi connectivity index (χ4v) is 3.00. The molecule has 1 aliphatic heterocycles. The Morgan fingerprint density at radius 3 is 2.86 bits per heavy atom. The Hall–Kier alpha value is -2.50. The summed E-state index contributed by atoms with van der Waals surface area (Å²) in [7, 11) is 0. The van der Waals surface area contributed by atoms with E-state index in [0.717, 1.165) is 5.69 Å². The van der Waals surface area contributed by atoms with E-state index in [4.69, 9.17) is 4.42 Å². The van der Waals surface area contributed by atoms with E-state index in [1.165, 1.54) is 11.2 Å². The van der Waals surface area contributed by atoms with Crippen molar-refractivity contribution in [2.24, 2.45) is 0 Å². The summed E-state index contributed by atoms with van der Waals surface area (Å²) >= 11 is 0. The first-order valence-corrected chi connectivity index (χ1v) is 7.28. The van der Waals surface area contributed by atoms with Gasteiger partial charge in [0.05, 0.1) is 11.8 Å². The molecule has 0 bridgehead atoms. The second-order valence-corrected chi connectivity index (χ2v) is 5.75. The number of rotatable bonds is 3.